The Morgan fingerprint density at radius 1 is 0.437 bits per heavy atom. The lowest BCUT2D eigenvalue weighted by atomic mass is 9.33. The van der Waals surface area contributed by atoms with Gasteiger partial charge in [-0.25, -0.2) is 0 Å². The third kappa shape index (κ3) is 7.83. The average molecular weight is 924 g/mol. The van der Waals surface area contributed by atoms with Crippen LogP contribution in [0.5, 0.6) is 11.5 Å². The molecule has 71 heavy (non-hydrogen) atoms. The van der Waals surface area contributed by atoms with E-state index < -0.39 is 0 Å². The molecule has 5 nitrogen and oxygen atoms in total. The van der Waals surface area contributed by atoms with Crippen LogP contribution in [0.3, 0.4) is 0 Å². The standard InChI is InChI=1S/C65H58BN3O2/c1-43-37-58-61-59(38-43)69(52-21-15-10-16-22-52)62-56(33-34-60-63(62)71-36-35-70-60)66(61)55-32-31-53(67(50-17-11-8-12-18-50)51-19-13-9-14-20-51)42-57(55)68(58)54-40-46(44-23-27-48(28-24-44)64(2,3)4)39-47(41-54)45-25-29-49(30-26-45)65(5,6)7/h8-34,37-42H,35-36H2,1-7H3. The number of para-hydroxylation sites is 3. The summed E-state index contributed by atoms with van der Waals surface area (Å²) < 4.78 is 13.0. The number of hydrogen-bond donors (Lipinski definition) is 0. The van der Waals surface area contributed by atoms with Crippen LogP contribution < -0.4 is 40.6 Å². The molecular formula is C65H58BN3O2. The van der Waals surface area contributed by atoms with Gasteiger partial charge in [-0.15, -0.1) is 0 Å². The fraction of sp³-hybridized carbons (Fsp3) is 0.169. The molecule has 0 unspecified atom stereocenters. The van der Waals surface area contributed by atoms with Crippen LogP contribution in [-0.4, -0.2) is 19.9 Å². The van der Waals surface area contributed by atoms with Gasteiger partial charge in [0.2, 0.25) is 0 Å². The maximum atomic E-state index is 6.67. The Morgan fingerprint density at radius 3 is 1.52 bits per heavy atom. The van der Waals surface area contributed by atoms with Crippen LogP contribution in [0.1, 0.15) is 58.2 Å². The lowest BCUT2D eigenvalue weighted by molar-refractivity contribution is 0.172. The number of aryl methyl sites for hydroxylation is 1. The highest BCUT2D eigenvalue weighted by atomic mass is 16.6. The van der Waals surface area contributed by atoms with E-state index in [9.17, 15) is 0 Å². The maximum Gasteiger partial charge on any atom is 0.252 e. The van der Waals surface area contributed by atoms with E-state index in [0.717, 1.165) is 79.4 Å². The maximum absolute atomic E-state index is 6.67. The van der Waals surface area contributed by atoms with Crippen LogP contribution in [0.25, 0.3) is 22.3 Å². The molecule has 0 saturated heterocycles. The molecule has 0 fully saturated rings. The zero-order valence-electron chi connectivity index (χ0n) is 41.7. The summed E-state index contributed by atoms with van der Waals surface area (Å²) in [6, 6.07) is 74.1. The van der Waals surface area contributed by atoms with Gasteiger partial charge in [0, 0.05) is 45.5 Å². The van der Waals surface area contributed by atoms with Gasteiger partial charge in [-0.05, 0) is 158 Å². The third-order valence-corrected chi connectivity index (χ3v) is 14.5. The zero-order valence-corrected chi connectivity index (χ0v) is 41.7. The van der Waals surface area contributed by atoms with Crippen molar-refractivity contribution < 1.29 is 9.47 Å². The molecule has 0 aromatic heterocycles. The fourth-order valence-corrected chi connectivity index (χ4v) is 11.0. The molecule has 348 valence electrons. The zero-order chi connectivity index (χ0) is 48.6. The monoisotopic (exact) mass is 923 g/mol. The van der Waals surface area contributed by atoms with E-state index >= 15 is 0 Å². The second-order valence-electron chi connectivity index (χ2n) is 21.4. The first kappa shape index (κ1) is 44.3. The van der Waals surface area contributed by atoms with Gasteiger partial charge < -0.3 is 24.2 Å². The molecule has 0 saturated carbocycles. The van der Waals surface area contributed by atoms with Crippen molar-refractivity contribution in [2.24, 2.45) is 0 Å². The van der Waals surface area contributed by atoms with Crippen LogP contribution in [-0.2, 0) is 10.8 Å². The summed E-state index contributed by atoms with van der Waals surface area (Å²) in [5.41, 5.74) is 22.0. The van der Waals surface area contributed by atoms with Crippen molar-refractivity contribution in [3.8, 4) is 33.8 Å². The molecule has 3 aliphatic heterocycles. The quantitative estimate of drug-likeness (QED) is 0.149. The highest BCUT2D eigenvalue weighted by Crippen LogP contribution is 2.51. The average Bonchev–Trinajstić information content (AvgIpc) is 3.38. The number of anilines is 9. The first-order valence-electron chi connectivity index (χ1n) is 25.0. The number of nitrogens with zero attached hydrogens (tertiary/aromatic N) is 3. The van der Waals surface area contributed by atoms with E-state index in [-0.39, 0.29) is 17.5 Å². The molecule has 0 bridgehead atoms. The van der Waals surface area contributed by atoms with Gasteiger partial charge in [0.05, 0.1) is 5.69 Å². The van der Waals surface area contributed by atoms with Gasteiger partial charge in [0.15, 0.2) is 11.5 Å². The molecule has 0 aliphatic carbocycles. The van der Waals surface area contributed by atoms with Crippen molar-refractivity contribution in [2.75, 3.05) is 27.9 Å². The summed E-state index contributed by atoms with van der Waals surface area (Å²) in [6.07, 6.45) is 0. The Kier molecular flexibility index (Phi) is 10.7. The molecule has 3 heterocycles. The Hall–Kier alpha value is -7.96. The molecule has 0 atom stereocenters. The van der Waals surface area contributed by atoms with Crippen LogP contribution >= 0.6 is 0 Å². The first-order valence-corrected chi connectivity index (χ1v) is 25.0. The van der Waals surface area contributed by atoms with Crippen LogP contribution in [0, 0.1) is 6.92 Å². The topological polar surface area (TPSA) is 28.2 Å². The normalized spacial score (nSPS) is 13.6. The second kappa shape index (κ2) is 17.2. The van der Waals surface area contributed by atoms with Crippen molar-refractivity contribution in [2.45, 2.75) is 59.3 Å². The van der Waals surface area contributed by atoms with Crippen LogP contribution in [0.2, 0.25) is 0 Å². The molecule has 9 aromatic carbocycles. The van der Waals surface area contributed by atoms with Crippen molar-refractivity contribution in [1.82, 2.24) is 0 Å². The second-order valence-corrected chi connectivity index (χ2v) is 21.4. The summed E-state index contributed by atoms with van der Waals surface area (Å²) in [6.45, 7) is 16.8. The Labute approximate surface area is 419 Å². The largest absolute Gasteiger partial charge is 0.486 e. The summed E-state index contributed by atoms with van der Waals surface area (Å²) in [7, 11) is 0. The van der Waals surface area contributed by atoms with Gasteiger partial charge in [0.25, 0.3) is 6.71 Å². The number of rotatable bonds is 7. The fourth-order valence-electron chi connectivity index (χ4n) is 11.0. The summed E-state index contributed by atoms with van der Waals surface area (Å²) in [5.74, 6) is 1.57. The first-order chi connectivity index (χ1) is 34.4. The Morgan fingerprint density at radius 2 is 0.958 bits per heavy atom. The summed E-state index contributed by atoms with van der Waals surface area (Å²) >= 11 is 0. The van der Waals surface area contributed by atoms with Gasteiger partial charge in [-0.3, -0.25) is 0 Å². The predicted octanol–water partition coefficient (Wildman–Crippen LogP) is 15.2. The molecule has 3 aliphatic rings. The summed E-state index contributed by atoms with van der Waals surface area (Å²) in [4.78, 5) is 7.35. The van der Waals surface area contributed by atoms with E-state index in [1.54, 1.807) is 0 Å². The van der Waals surface area contributed by atoms with Gasteiger partial charge >= 0.3 is 0 Å². The number of fused-ring (bicyclic) bond motifs is 6. The predicted molar refractivity (Wildman–Crippen MR) is 299 cm³/mol. The smallest absolute Gasteiger partial charge is 0.252 e. The van der Waals surface area contributed by atoms with Crippen molar-refractivity contribution >= 4 is 74.3 Å². The molecule has 0 spiro atoms. The number of hydrogen-bond acceptors (Lipinski definition) is 5. The molecule has 6 heteroatoms. The number of ether oxygens (including phenoxy) is 2. The minimum atomic E-state index is -0.119. The van der Waals surface area contributed by atoms with Crippen LogP contribution in [0.4, 0.5) is 51.2 Å². The highest BCUT2D eigenvalue weighted by Gasteiger charge is 2.46. The van der Waals surface area contributed by atoms with Crippen molar-refractivity contribution in [3.05, 3.63) is 217 Å². The SMILES string of the molecule is Cc1cc2c3c(c1)N(c1ccccc1)c1c(ccc4c1OCCO4)B3c1ccc(N(c3ccccc3)c3ccccc3)cc1N2c1cc(-c2ccc(C(C)(C)C)cc2)cc(-c2ccc(C(C)(C)C)cc2)c1. The van der Waals surface area contributed by atoms with E-state index in [1.807, 2.05) is 0 Å². The van der Waals surface area contributed by atoms with E-state index in [4.69, 9.17) is 9.47 Å². The van der Waals surface area contributed by atoms with E-state index in [0.29, 0.717) is 13.2 Å². The third-order valence-electron chi connectivity index (χ3n) is 14.5. The van der Waals surface area contributed by atoms with Crippen molar-refractivity contribution in [1.29, 1.82) is 0 Å². The molecule has 0 N–H and O–H groups in total. The molecular weight excluding hydrogens is 866 g/mol. The lowest BCUT2D eigenvalue weighted by Gasteiger charge is -2.45. The lowest BCUT2D eigenvalue weighted by Crippen LogP contribution is -2.61. The van der Waals surface area contributed by atoms with E-state index in [1.165, 1.54) is 38.6 Å². The molecule has 0 radical (unpaired) electrons. The molecule has 0 amide bonds. The molecule has 12 rings (SSSR count). The van der Waals surface area contributed by atoms with Gasteiger partial charge in [-0.2, -0.15) is 0 Å². The molecule has 9 aromatic rings. The van der Waals surface area contributed by atoms with Gasteiger partial charge in [0.1, 0.15) is 13.2 Å². The van der Waals surface area contributed by atoms with E-state index in [2.05, 4.69) is 263 Å². The minimum absolute atomic E-state index is 0.0362. The van der Waals surface area contributed by atoms with Crippen LogP contribution in [0.15, 0.2) is 200 Å². The number of benzene rings is 9. The minimum Gasteiger partial charge on any atom is -0.486 e. The Bertz CT molecular complexity index is 3340. The van der Waals surface area contributed by atoms with Gasteiger partial charge in [-0.1, -0.05) is 157 Å². The Balaban J connectivity index is 1.16. The summed E-state index contributed by atoms with van der Waals surface area (Å²) in [5, 5.41) is 0. The van der Waals surface area contributed by atoms with Crippen molar-refractivity contribution in [3.63, 3.8) is 0 Å². The highest BCUT2D eigenvalue weighted by molar-refractivity contribution is 7.00.